The van der Waals surface area contributed by atoms with Gasteiger partial charge in [-0.05, 0) is 31.2 Å². The van der Waals surface area contributed by atoms with Crippen LogP contribution in [0.5, 0.6) is 0 Å². The van der Waals surface area contributed by atoms with Crippen LogP contribution in [0, 0.1) is 0 Å². The smallest absolute Gasteiger partial charge is 0.128 e. The van der Waals surface area contributed by atoms with E-state index in [0.717, 1.165) is 11.4 Å². The number of nitrogens with zero attached hydrogens (tertiary/aromatic N) is 1. The molecule has 86 valence electrons. The van der Waals surface area contributed by atoms with Crippen LogP contribution in [0.2, 0.25) is 0 Å². The fourth-order valence-corrected chi connectivity index (χ4v) is 3.21. The van der Waals surface area contributed by atoms with Crippen molar-refractivity contribution in [2.24, 2.45) is 0 Å². The molecule has 1 unspecified atom stereocenters. The number of aliphatic hydroxyl groups excluding tert-OH is 1. The Kier molecular flexibility index (Phi) is 2.57. The molecule has 3 rings (SSSR count). The zero-order chi connectivity index (χ0) is 11.8. The van der Waals surface area contributed by atoms with Crippen LogP contribution in [0.3, 0.4) is 0 Å². The van der Waals surface area contributed by atoms with Crippen LogP contribution in [0.25, 0.3) is 0 Å². The van der Waals surface area contributed by atoms with Gasteiger partial charge in [0.15, 0.2) is 0 Å². The minimum absolute atomic E-state index is 0.529. The number of para-hydroxylation sites is 2. The van der Waals surface area contributed by atoms with Crippen LogP contribution in [0.15, 0.2) is 58.3 Å². The number of rotatable bonds is 1. The molecule has 1 heterocycles. The van der Waals surface area contributed by atoms with Crippen molar-refractivity contribution in [3.05, 3.63) is 48.5 Å². The molecule has 0 fully saturated rings. The summed E-state index contributed by atoms with van der Waals surface area (Å²) in [7, 11) is 0. The molecule has 0 aliphatic carbocycles. The molecular formula is C14H13NOS. The van der Waals surface area contributed by atoms with Gasteiger partial charge in [-0.15, -0.1) is 0 Å². The molecule has 0 bridgehead atoms. The second kappa shape index (κ2) is 4.09. The Bertz CT molecular complexity index is 508. The summed E-state index contributed by atoms with van der Waals surface area (Å²) in [6, 6.07) is 16.3. The zero-order valence-electron chi connectivity index (χ0n) is 9.50. The first-order valence-electron chi connectivity index (χ1n) is 5.60. The van der Waals surface area contributed by atoms with Crippen LogP contribution in [0.1, 0.15) is 6.92 Å². The van der Waals surface area contributed by atoms with Gasteiger partial charge in [-0.25, -0.2) is 0 Å². The topological polar surface area (TPSA) is 23.5 Å². The standard InChI is InChI=1S/C14H13NOS/c1-10(16)15-11-6-2-4-8-13(11)17-14-9-5-3-7-12(14)15/h2-10,16H,1H3. The second-order valence-electron chi connectivity index (χ2n) is 4.04. The molecule has 17 heavy (non-hydrogen) atoms. The van der Waals surface area contributed by atoms with Gasteiger partial charge in [-0.2, -0.15) is 0 Å². The quantitative estimate of drug-likeness (QED) is 0.827. The Morgan fingerprint density at radius 1 is 0.941 bits per heavy atom. The van der Waals surface area contributed by atoms with Crippen molar-refractivity contribution < 1.29 is 5.11 Å². The van der Waals surface area contributed by atoms with E-state index in [9.17, 15) is 5.11 Å². The van der Waals surface area contributed by atoms with Crippen molar-refractivity contribution in [2.45, 2.75) is 22.9 Å². The molecule has 0 saturated heterocycles. The molecule has 3 heteroatoms. The van der Waals surface area contributed by atoms with Gasteiger partial charge in [0.05, 0.1) is 11.4 Å². The van der Waals surface area contributed by atoms with E-state index in [4.69, 9.17) is 0 Å². The summed E-state index contributed by atoms with van der Waals surface area (Å²) in [4.78, 5) is 4.35. The van der Waals surface area contributed by atoms with Crippen molar-refractivity contribution in [1.82, 2.24) is 0 Å². The Balaban J connectivity index is 2.21. The summed E-state index contributed by atoms with van der Waals surface area (Å²) in [5, 5.41) is 9.99. The first-order valence-corrected chi connectivity index (χ1v) is 6.42. The van der Waals surface area contributed by atoms with Crippen molar-refractivity contribution >= 4 is 23.1 Å². The molecule has 2 aromatic carbocycles. The molecule has 1 aliphatic heterocycles. The summed E-state index contributed by atoms with van der Waals surface area (Å²) < 4.78 is 0. The maximum atomic E-state index is 9.99. The normalized spacial score (nSPS) is 15.1. The SMILES string of the molecule is CC(O)N1c2ccccc2Sc2ccccc21. The number of benzene rings is 2. The van der Waals surface area contributed by atoms with Crippen molar-refractivity contribution in [3.8, 4) is 0 Å². The van der Waals surface area contributed by atoms with Gasteiger partial charge in [0.2, 0.25) is 0 Å². The predicted molar refractivity (Wildman–Crippen MR) is 70.8 cm³/mol. The Morgan fingerprint density at radius 3 is 1.88 bits per heavy atom. The van der Waals surface area contributed by atoms with Crippen molar-refractivity contribution in [2.75, 3.05) is 4.90 Å². The summed E-state index contributed by atoms with van der Waals surface area (Å²) in [6.07, 6.45) is -0.529. The van der Waals surface area contributed by atoms with Crippen LogP contribution in [-0.2, 0) is 0 Å². The minimum Gasteiger partial charge on any atom is -0.374 e. The highest BCUT2D eigenvalue weighted by atomic mass is 32.2. The first-order chi connectivity index (χ1) is 8.27. The third-order valence-electron chi connectivity index (χ3n) is 2.84. The average Bonchev–Trinajstić information content (AvgIpc) is 2.35. The molecule has 0 saturated carbocycles. The summed E-state index contributed by atoms with van der Waals surface area (Å²) in [6.45, 7) is 1.80. The van der Waals surface area contributed by atoms with E-state index < -0.39 is 6.23 Å². The fourth-order valence-electron chi connectivity index (χ4n) is 2.14. The van der Waals surface area contributed by atoms with E-state index in [0.29, 0.717) is 0 Å². The third-order valence-corrected chi connectivity index (χ3v) is 3.97. The van der Waals surface area contributed by atoms with Crippen molar-refractivity contribution in [1.29, 1.82) is 0 Å². The largest absolute Gasteiger partial charge is 0.374 e. The average molecular weight is 243 g/mol. The lowest BCUT2D eigenvalue weighted by Gasteiger charge is -2.34. The first kappa shape index (κ1) is 10.7. The molecule has 1 atom stereocenters. The van der Waals surface area contributed by atoms with E-state index >= 15 is 0 Å². The second-order valence-corrected chi connectivity index (χ2v) is 5.12. The van der Waals surface area contributed by atoms with E-state index in [-0.39, 0.29) is 0 Å². The number of aliphatic hydroxyl groups is 1. The van der Waals surface area contributed by atoms with Gasteiger partial charge in [0, 0.05) is 9.79 Å². The molecule has 2 aromatic rings. The molecule has 1 N–H and O–H groups in total. The fraction of sp³-hybridized carbons (Fsp3) is 0.143. The molecule has 2 nitrogen and oxygen atoms in total. The Labute approximate surface area is 105 Å². The highest BCUT2D eigenvalue weighted by Crippen LogP contribution is 2.48. The van der Waals surface area contributed by atoms with Crippen molar-refractivity contribution in [3.63, 3.8) is 0 Å². The molecular weight excluding hydrogens is 230 g/mol. The minimum atomic E-state index is -0.529. The lowest BCUT2D eigenvalue weighted by Crippen LogP contribution is -2.30. The van der Waals surface area contributed by atoms with Gasteiger partial charge in [-0.1, -0.05) is 36.0 Å². The lowest BCUT2D eigenvalue weighted by molar-refractivity contribution is 0.200. The molecule has 0 aromatic heterocycles. The molecule has 1 aliphatic rings. The lowest BCUT2D eigenvalue weighted by atomic mass is 10.2. The maximum absolute atomic E-state index is 9.99. The van der Waals surface area contributed by atoms with Crippen LogP contribution < -0.4 is 4.90 Å². The summed E-state index contributed by atoms with van der Waals surface area (Å²) in [5.41, 5.74) is 2.15. The van der Waals surface area contributed by atoms with E-state index in [1.807, 2.05) is 41.3 Å². The zero-order valence-corrected chi connectivity index (χ0v) is 10.3. The van der Waals surface area contributed by atoms with Gasteiger partial charge in [0.1, 0.15) is 6.23 Å². The van der Waals surface area contributed by atoms with E-state index in [2.05, 4.69) is 12.1 Å². The van der Waals surface area contributed by atoms with Crippen LogP contribution in [-0.4, -0.2) is 11.3 Å². The number of anilines is 2. The van der Waals surface area contributed by atoms with Gasteiger partial charge in [-0.3, -0.25) is 0 Å². The highest BCUT2D eigenvalue weighted by Gasteiger charge is 2.25. The highest BCUT2D eigenvalue weighted by molar-refractivity contribution is 7.99. The van der Waals surface area contributed by atoms with Crippen LogP contribution >= 0.6 is 11.8 Å². The maximum Gasteiger partial charge on any atom is 0.128 e. The predicted octanol–water partition coefficient (Wildman–Crippen LogP) is 3.63. The van der Waals surface area contributed by atoms with E-state index in [1.165, 1.54) is 9.79 Å². The van der Waals surface area contributed by atoms with Gasteiger partial charge in [0.25, 0.3) is 0 Å². The number of hydrogen-bond donors (Lipinski definition) is 1. The molecule has 0 spiro atoms. The third kappa shape index (κ3) is 1.72. The monoisotopic (exact) mass is 243 g/mol. The van der Waals surface area contributed by atoms with Crippen LogP contribution in [0.4, 0.5) is 11.4 Å². The Morgan fingerprint density at radius 2 is 1.41 bits per heavy atom. The molecule has 0 radical (unpaired) electrons. The number of fused-ring (bicyclic) bond motifs is 2. The van der Waals surface area contributed by atoms with E-state index in [1.54, 1.807) is 18.7 Å². The van der Waals surface area contributed by atoms with Gasteiger partial charge < -0.3 is 10.0 Å². The van der Waals surface area contributed by atoms with Gasteiger partial charge >= 0.3 is 0 Å². The Hall–Kier alpha value is -1.45. The molecule has 0 amide bonds. The number of hydrogen-bond acceptors (Lipinski definition) is 3. The summed E-state index contributed by atoms with van der Waals surface area (Å²) in [5.74, 6) is 0. The summed E-state index contributed by atoms with van der Waals surface area (Å²) >= 11 is 1.75.